The molecule has 2 rings (SSSR count). The first-order valence-corrected chi connectivity index (χ1v) is 4.40. The third-order valence-electron chi connectivity index (χ3n) is 2.27. The molecule has 0 spiro atoms. The smallest absolute Gasteiger partial charge is 0.125 e. The highest BCUT2D eigenvalue weighted by atomic mass is 16.3. The summed E-state index contributed by atoms with van der Waals surface area (Å²) in [5.74, 6) is 0.518. The third-order valence-corrected chi connectivity index (χ3v) is 2.27. The molecular weight excluding hydrogens is 166 g/mol. The minimum Gasteiger partial charge on any atom is -0.393 e. The largest absolute Gasteiger partial charge is 0.393 e. The minimum absolute atomic E-state index is 0.128. The van der Waals surface area contributed by atoms with Gasteiger partial charge in [-0.3, -0.25) is 0 Å². The van der Waals surface area contributed by atoms with E-state index >= 15 is 0 Å². The summed E-state index contributed by atoms with van der Waals surface area (Å²) in [6.45, 7) is 0. The predicted octanol–water partition coefficient (Wildman–Crippen LogP) is 0.599. The van der Waals surface area contributed by atoms with Gasteiger partial charge in [0.15, 0.2) is 0 Å². The number of aliphatic hydroxyl groups excluding tert-OH is 1. The summed E-state index contributed by atoms with van der Waals surface area (Å²) in [4.78, 5) is 3.89. The van der Waals surface area contributed by atoms with Gasteiger partial charge in [0, 0.05) is 24.0 Å². The number of rotatable bonds is 2. The number of nitrogens with zero attached hydrogens (tertiary/aromatic N) is 1. The summed E-state index contributed by atoms with van der Waals surface area (Å²) in [7, 11) is 0. The Morgan fingerprint density at radius 2 is 2.31 bits per heavy atom. The van der Waals surface area contributed by atoms with E-state index in [-0.39, 0.29) is 6.10 Å². The number of nitrogens with two attached hydrogens (primary N) is 1. The second kappa shape index (κ2) is 3.22. The van der Waals surface area contributed by atoms with Crippen molar-refractivity contribution in [1.82, 2.24) is 4.98 Å². The summed E-state index contributed by atoms with van der Waals surface area (Å²) < 4.78 is 0. The molecule has 0 aromatic carbocycles. The molecular formula is C9H13N3O. The van der Waals surface area contributed by atoms with E-state index in [4.69, 9.17) is 10.8 Å². The Kier molecular flexibility index (Phi) is 2.06. The maximum Gasteiger partial charge on any atom is 0.125 e. The fourth-order valence-corrected chi connectivity index (χ4v) is 1.48. The maximum absolute atomic E-state index is 9.07. The molecule has 0 saturated heterocycles. The van der Waals surface area contributed by atoms with Crippen LogP contribution in [0.2, 0.25) is 0 Å². The first-order chi connectivity index (χ1) is 6.24. The van der Waals surface area contributed by atoms with Crippen LogP contribution in [0.15, 0.2) is 18.3 Å². The van der Waals surface area contributed by atoms with Crippen molar-refractivity contribution in [3.63, 3.8) is 0 Å². The lowest BCUT2D eigenvalue weighted by Crippen LogP contribution is -2.38. The van der Waals surface area contributed by atoms with Crippen LogP contribution in [0.4, 0.5) is 11.5 Å². The Labute approximate surface area is 76.8 Å². The lowest BCUT2D eigenvalue weighted by molar-refractivity contribution is 0.0836. The van der Waals surface area contributed by atoms with Gasteiger partial charge >= 0.3 is 0 Å². The van der Waals surface area contributed by atoms with E-state index in [9.17, 15) is 0 Å². The summed E-state index contributed by atoms with van der Waals surface area (Å²) in [6, 6.07) is 4.06. The van der Waals surface area contributed by atoms with Gasteiger partial charge in [0.25, 0.3) is 0 Å². The minimum atomic E-state index is -0.128. The quantitative estimate of drug-likeness (QED) is 0.621. The molecule has 1 aromatic rings. The van der Waals surface area contributed by atoms with Crippen molar-refractivity contribution in [1.29, 1.82) is 0 Å². The Morgan fingerprint density at radius 3 is 2.92 bits per heavy atom. The summed E-state index contributed by atoms with van der Waals surface area (Å²) in [6.07, 6.45) is 3.19. The van der Waals surface area contributed by atoms with Crippen molar-refractivity contribution < 1.29 is 5.11 Å². The van der Waals surface area contributed by atoms with E-state index in [1.54, 1.807) is 12.3 Å². The monoisotopic (exact) mass is 179 g/mol. The number of aromatic nitrogens is 1. The average Bonchev–Trinajstić information content (AvgIpc) is 2.01. The molecule has 0 atom stereocenters. The van der Waals surface area contributed by atoms with Crippen LogP contribution in [-0.4, -0.2) is 22.2 Å². The van der Waals surface area contributed by atoms with E-state index in [0.717, 1.165) is 18.5 Å². The second-order valence-electron chi connectivity index (χ2n) is 3.44. The standard InChI is InChI=1S/C9H13N3O/c10-9-5-6(1-2-11-9)12-7-3-8(13)4-7/h1-2,5,7-8,13H,3-4H2,(H3,10,11,12). The van der Waals surface area contributed by atoms with E-state index < -0.39 is 0 Å². The van der Waals surface area contributed by atoms with E-state index in [1.807, 2.05) is 6.07 Å². The van der Waals surface area contributed by atoms with Gasteiger partial charge in [0.05, 0.1) is 6.10 Å². The molecule has 1 aromatic heterocycles. The fraction of sp³-hybridized carbons (Fsp3) is 0.444. The van der Waals surface area contributed by atoms with Crippen LogP contribution >= 0.6 is 0 Å². The van der Waals surface area contributed by atoms with E-state index in [0.29, 0.717) is 11.9 Å². The van der Waals surface area contributed by atoms with Gasteiger partial charge in [-0.25, -0.2) is 4.98 Å². The molecule has 1 aliphatic carbocycles. The molecule has 1 aliphatic rings. The molecule has 0 amide bonds. The number of hydrogen-bond acceptors (Lipinski definition) is 4. The molecule has 0 radical (unpaired) electrons. The molecule has 4 nitrogen and oxygen atoms in total. The van der Waals surface area contributed by atoms with Crippen molar-refractivity contribution in [2.24, 2.45) is 0 Å². The van der Waals surface area contributed by atoms with Gasteiger partial charge in [-0.2, -0.15) is 0 Å². The number of aliphatic hydroxyl groups is 1. The molecule has 0 unspecified atom stereocenters. The molecule has 70 valence electrons. The van der Waals surface area contributed by atoms with Crippen LogP contribution in [0, 0.1) is 0 Å². The van der Waals surface area contributed by atoms with Crippen LogP contribution in [-0.2, 0) is 0 Å². The molecule has 1 saturated carbocycles. The Morgan fingerprint density at radius 1 is 1.54 bits per heavy atom. The molecule has 1 fully saturated rings. The first kappa shape index (κ1) is 8.31. The van der Waals surface area contributed by atoms with E-state index in [1.165, 1.54) is 0 Å². The zero-order chi connectivity index (χ0) is 9.26. The number of hydrogen-bond donors (Lipinski definition) is 3. The number of anilines is 2. The SMILES string of the molecule is Nc1cc(NC2CC(O)C2)ccn1. The lowest BCUT2D eigenvalue weighted by atomic mass is 9.89. The van der Waals surface area contributed by atoms with Gasteiger partial charge in [0.2, 0.25) is 0 Å². The zero-order valence-electron chi connectivity index (χ0n) is 7.27. The van der Waals surface area contributed by atoms with Crippen LogP contribution in [0.5, 0.6) is 0 Å². The summed E-state index contributed by atoms with van der Waals surface area (Å²) in [5, 5.41) is 12.3. The molecule has 0 aliphatic heterocycles. The van der Waals surface area contributed by atoms with Crippen molar-refractivity contribution in [2.45, 2.75) is 25.0 Å². The average molecular weight is 179 g/mol. The van der Waals surface area contributed by atoms with Crippen LogP contribution in [0.25, 0.3) is 0 Å². The van der Waals surface area contributed by atoms with Crippen molar-refractivity contribution in [2.75, 3.05) is 11.1 Å². The third kappa shape index (κ3) is 1.89. The molecule has 0 bridgehead atoms. The Balaban J connectivity index is 1.94. The molecule has 4 N–H and O–H groups in total. The fourth-order valence-electron chi connectivity index (χ4n) is 1.48. The predicted molar refractivity (Wildman–Crippen MR) is 51.3 cm³/mol. The van der Waals surface area contributed by atoms with Gasteiger partial charge in [-0.15, -0.1) is 0 Å². The summed E-state index contributed by atoms with van der Waals surface area (Å²) in [5.41, 5.74) is 6.50. The van der Waals surface area contributed by atoms with Crippen LogP contribution < -0.4 is 11.1 Å². The number of nitrogen functional groups attached to an aromatic ring is 1. The molecule has 13 heavy (non-hydrogen) atoms. The Hall–Kier alpha value is -1.29. The molecule has 4 heteroatoms. The van der Waals surface area contributed by atoms with Crippen molar-refractivity contribution >= 4 is 11.5 Å². The normalized spacial score (nSPS) is 26.5. The van der Waals surface area contributed by atoms with Crippen molar-refractivity contribution in [3.05, 3.63) is 18.3 Å². The first-order valence-electron chi connectivity index (χ1n) is 4.40. The van der Waals surface area contributed by atoms with Crippen LogP contribution in [0.3, 0.4) is 0 Å². The van der Waals surface area contributed by atoms with Gasteiger partial charge in [-0.1, -0.05) is 0 Å². The highest BCUT2D eigenvalue weighted by Crippen LogP contribution is 2.24. The highest BCUT2D eigenvalue weighted by Gasteiger charge is 2.26. The number of pyridine rings is 1. The van der Waals surface area contributed by atoms with Crippen LogP contribution in [0.1, 0.15) is 12.8 Å². The Bertz CT molecular complexity index is 297. The van der Waals surface area contributed by atoms with E-state index in [2.05, 4.69) is 10.3 Å². The highest BCUT2D eigenvalue weighted by molar-refractivity contribution is 5.50. The number of nitrogens with one attached hydrogen (secondary N) is 1. The second-order valence-corrected chi connectivity index (χ2v) is 3.44. The zero-order valence-corrected chi connectivity index (χ0v) is 7.27. The topological polar surface area (TPSA) is 71.2 Å². The summed E-state index contributed by atoms with van der Waals surface area (Å²) >= 11 is 0. The van der Waals surface area contributed by atoms with Gasteiger partial charge < -0.3 is 16.2 Å². The maximum atomic E-state index is 9.07. The van der Waals surface area contributed by atoms with Gasteiger partial charge in [-0.05, 0) is 18.9 Å². The van der Waals surface area contributed by atoms with Gasteiger partial charge in [0.1, 0.15) is 5.82 Å². The molecule has 1 heterocycles. The lowest BCUT2D eigenvalue weighted by Gasteiger charge is -2.32. The van der Waals surface area contributed by atoms with Crippen molar-refractivity contribution in [3.8, 4) is 0 Å².